The van der Waals surface area contributed by atoms with E-state index in [0.29, 0.717) is 6.42 Å². The van der Waals surface area contributed by atoms with E-state index in [2.05, 4.69) is 130 Å². The van der Waals surface area contributed by atoms with Crippen LogP contribution >= 0.6 is 0 Å². The van der Waals surface area contributed by atoms with Crippen molar-refractivity contribution in [1.82, 2.24) is 0 Å². The van der Waals surface area contributed by atoms with Crippen molar-refractivity contribution in [2.45, 2.75) is 170 Å². The number of hydrogen-bond acceptors (Lipinski definition) is 1. The fraction of sp³-hybridized carbons (Fsp3) is 0.568. The first-order chi connectivity index (χ1) is 21.5. The quantitative estimate of drug-likeness (QED) is 0.231. The van der Waals surface area contributed by atoms with Crippen LogP contribution in [0.2, 0.25) is 0 Å². The van der Waals surface area contributed by atoms with Crippen LogP contribution in [0.5, 0.6) is 0 Å². The summed E-state index contributed by atoms with van der Waals surface area (Å²) in [5.41, 5.74) is 9.09. The van der Waals surface area contributed by atoms with E-state index in [1.807, 2.05) is 61.5 Å². The zero-order valence-electron chi connectivity index (χ0n) is 33.8. The van der Waals surface area contributed by atoms with E-state index in [4.69, 9.17) is 0 Å². The van der Waals surface area contributed by atoms with Crippen molar-refractivity contribution in [2.75, 3.05) is 0 Å². The fourth-order valence-electron chi connectivity index (χ4n) is 2.68. The van der Waals surface area contributed by atoms with Gasteiger partial charge in [-0.25, -0.2) is 0 Å². The van der Waals surface area contributed by atoms with E-state index in [9.17, 15) is 4.79 Å². The topological polar surface area (TPSA) is 17.1 Å². The lowest BCUT2D eigenvalue weighted by Crippen LogP contribution is -1.88. The zero-order valence-corrected chi connectivity index (χ0v) is 33.8. The van der Waals surface area contributed by atoms with Gasteiger partial charge in [0.25, 0.3) is 0 Å². The number of aryl methyl sites for hydroxylation is 3. The second kappa shape index (κ2) is 45.6. The first-order valence-electron chi connectivity index (χ1n) is 17.9. The van der Waals surface area contributed by atoms with E-state index >= 15 is 0 Å². The summed E-state index contributed by atoms with van der Waals surface area (Å²) in [5.74, 6) is 6.31. The van der Waals surface area contributed by atoms with Crippen molar-refractivity contribution in [1.29, 1.82) is 0 Å². The molecule has 2 aromatic rings. The van der Waals surface area contributed by atoms with Crippen molar-refractivity contribution in [3.05, 3.63) is 88.0 Å². The maximum Gasteiger partial charge on any atom is 0.129 e. The number of ketones is 1. The molecule has 0 bridgehead atoms. The van der Waals surface area contributed by atoms with E-state index < -0.39 is 0 Å². The molecule has 45 heavy (non-hydrogen) atoms. The molecule has 0 N–H and O–H groups in total. The minimum atomic E-state index is 0.255. The average Bonchev–Trinajstić information content (AvgIpc) is 3.08. The van der Waals surface area contributed by atoms with Gasteiger partial charge < -0.3 is 4.79 Å². The van der Waals surface area contributed by atoms with Crippen LogP contribution in [0.25, 0.3) is 5.57 Å². The van der Waals surface area contributed by atoms with Gasteiger partial charge in [-0.2, -0.15) is 0 Å². The molecule has 1 heteroatoms. The highest BCUT2D eigenvalue weighted by molar-refractivity contribution is 5.74. The highest BCUT2D eigenvalue weighted by Crippen LogP contribution is 2.15. The van der Waals surface area contributed by atoms with Gasteiger partial charge in [0.2, 0.25) is 0 Å². The summed E-state index contributed by atoms with van der Waals surface area (Å²) in [4.78, 5) is 9.81. The fourth-order valence-corrected chi connectivity index (χ4v) is 2.68. The number of Topliss-reactive ketones (excluding diaryl/α,β-unsaturated/α-hetero) is 1. The molecule has 0 unspecified atom stereocenters. The predicted molar refractivity (Wildman–Crippen MR) is 214 cm³/mol. The van der Waals surface area contributed by atoms with Crippen LogP contribution < -0.4 is 0 Å². The van der Waals surface area contributed by atoms with Gasteiger partial charge in [0.15, 0.2) is 0 Å². The number of carbonyl (C=O) groups is 1. The van der Waals surface area contributed by atoms with Crippen LogP contribution in [-0.4, -0.2) is 5.78 Å². The molecular weight excluding hydrogens is 544 g/mol. The molecule has 0 fully saturated rings. The smallest absolute Gasteiger partial charge is 0.129 e. The largest absolute Gasteiger partial charge is 0.300 e. The molecule has 0 heterocycles. The maximum absolute atomic E-state index is 9.81. The van der Waals surface area contributed by atoms with Crippen molar-refractivity contribution < 1.29 is 4.79 Å². The van der Waals surface area contributed by atoms with Gasteiger partial charge in [-0.1, -0.05) is 180 Å². The van der Waals surface area contributed by atoms with Crippen molar-refractivity contribution in [3.8, 4) is 11.8 Å². The minimum absolute atomic E-state index is 0.255. The Hall–Kier alpha value is -2.85. The molecule has 0 atom stereocenters. The number of rotatable bonds is 6. The average molecular weight is 623 g/mol. The number of allylic oxidation sites excluding steroid dienone is 4. The predicted octanol–water partition coefficient (Wildman–Crippen LogP) is 15.1. The van der Waals surface area contributed by atoms with Crippen LogP contribution in [-0.2, 0) is 4.79 Å². The molecule has 0 aliphatic heterocycles. The normalized spacial score (nSPS) is 9.04. The van der Waals surface area contributed by atoms with Gasteiger partial charge >= 0.3 is 0 Å². The summed E-state index contributed by atoms with van der Waals surface area (Å²) in [6.45, 7) is 38.9. The molecular formula is C44H78O. The van der Waals surface area contributed by atoms with E-state index in [0.717, 1.165) is 6.42 Å². The standard InChI is InChI=1S/C14H18.C12H14.C4H8O.2C4H10.3C2H6/c1-4-12(2)10-11-13(3)14-8-6-5-7-9-14;1-5-6-12-10(3)7-9(2)8-11(12)4;1-3-4(2)5;2*1-3-4-2;3*1-2/h5-11H,4H2,1-3H3;7-8H,1-4H3;3H2,1-2H3;2*3-4H2,1-2H3;3*1-2H3/b12-10+,13-11+;;;;;;;. The zero-order chi connectivity index (χ0) is 36.6. The van der Waals surface area contributed by atoms with Crippen molar-refractivity contribution in [3.63, 3.8) is 0 Å². The van der Waals surface area contributed by atoms with E-state index in [-0.39, 0.29) is 5.78 Å². The van der Waals surface area contributed by atoms with Gasteiger partial charge in [-0.15, -0.1) is 5.92 Å². The lowest BCUT2D eigenvalue weighted by Gasteiger charge is -2.04. The summed E-state index contributed by atoms with van der Waals surface area (Å²) < 4.78 is 0. The Kier molecular flexibility index (Phi) is 55.3. The summed E-state index contributed by atoms with van der Waals surface area (Å²) >= 11 is 0. The molecule has 0 spiro atoms. The monoisotopic (exact) mass is 623 g/mol. The Bertz CT molecular complexity index is 963. The van der Waals surface area contributed by atoms with Gasteiger partial charge in [-0.3, -0.25) is 0 Å². The minimum Gasteiger partial charge on any atom is -0.300 e. The lowest BCUT2D eigenvalue weighted by molar-refractivity contribution is -0.116. The van der Waals surface area contributed by atoms with Gasteiger partial charge in [0.1, 0.15) is 5.78 Å². The molecule has 260 valence electrons. The Labute approximate surface area is 285 Å². The molecule has 2 rings (SSSR count). The third-order valence-electron chi connectivity index (χ3n) is 5.83. The second-order valence-corrected chi connectivity index (χ2v) is 9.79. The third kappa shape index (κ3) is 41.1. The van der Waals surface area contributed by atoms with Crippen LogP contribution in [0.1, 0.15) is 177 Å². The van der Waals surface area contributed by atoms with Crippen molar-refractivity contribution in [2.24, 2.45) is 0 Å². The summed E-state index contributed by atoms with van der Waals surface area (Å²) in [5, 5.41) is 0. The van der Waals surface area contributed by atoms with E-state index in [1.54, 1.807) is 6.92 Å². The second-order valence-electron chi connectivity index (χ2n) is 9.79. The van der Waals surface area contributed by atoms with Gasteiger partial charge in [0, 0.05) is 12.0 Å². The number of unbranched alkanes of at least 4 members (excludes halogenated alkanes) is 2. The molecule has 0 aromatic heterocycles. The molecule has 0 amide bonds. The lowest BCUT2D eigenvalue weighted by atomic mass is 10.0. The van der Waals surface area contributed by atoms with Gasteiger partial charge in [0.05, 0.1) is 0 Å². The van der Waals surface area contributed by atoms with Crippen LogP contribution in [0.4, 0.5) is 0 Å². The molecule has 0 radical (unpaired) electrons. The molecule has 2 aromatic carbocycles. The summed E-state index contributed by atoms with van der Waals surface area (Å²) in [6, 6.07) is 14.8. The Morgan fingerprint density at radius 2 is 1.02 bits per heavy atom. The van der Waals surface area contributed by atoms with Crippen LogP contribution in [0.15, 0.2) is 60.2 Å². The summed E-state index contributed by atoms with van der Waals surface area (Å²) in [6.07, 6.45) is 11.5. The first-order valence-corrected chi connectivity index (χ1v) is 17.9. The molecule has 0 aliphatic rings. The van der Waals surface area contributed by atoms with E-state index in [1.165, 1.54) is 64.6 Å². The van der Waals surface area contributed by atoms with Gasteiger partial charge in [-0.05, 0) is 77.2 Å². The van der Waals surface area contributed by atoms with Crippen molar-refractivity contribution >= 4 is 11.4 Å². The molecule has 0 saturated heterocycles. The molecule has 1 nitrogen and oxygen atoms in total. The van der Waals surface area contributed by atoms with Crippen LogP contribution in [0.3, 0.4) is 0 Å². The number of benzene rings is 2. The highest BCUT2D eigenvalue weighted by atomic mass is 16.1. The SMILES string of the molecule is CC.CC.CC.CC#Cc1c(C)cc(C)cc1C.CC/C(C)=C/C=C(\C)c1ccccc1.CCC(C)=O.CCCC.CCCC. The Balaban J connectivity index is -0.000000110. The third-order valence-corrected chi connectivity index (χ3v) is 5.83. The molecule has 0 saturated carbocycles. The first kappa shape index (κ1) is 54.6. The Morgan fingerprint density at radius 1 is 0.644 bits per heavy atom. The highest BCUT2D eigenvalue weighted by Gasteiger charge is 1.99. The van der Waals surface area contributed by atoms with Crippen LogP contribution in [0, 0.1) is 32.6 Å². The summed E-state index contributed by atoms with van der Waals surface area (Å²) in [7, 11) is 0. The molecule has 0 aliphatic carbocycles. The number of hydrogen-bond donors (Lipinski definition) is 0. The number of carbonyl (C=O) groups excluding carboxylic acids is 1. The maximum atomic E-state index is 9.81. The Morgan fingerprint density at radius 3 is 1.31 bits per heavy atom.